The highest BCUT2D eigenvalue weighted by molar-refractivity contribution is 7.12. The smallest absolute Gasteiger partial charge is 0.323 e. The molecule has 3 aromatic heterocycles. The number of aryl methyl sites for hydroxylation is 2. The fourth-order valence-corrected chi connectivity index (χ4v) is 8.47. The van der Waals surface area contributed by atoms with Crippen LogP contribution in [0.3, 0.4) is 0 Å². The molecule has 0 saturated heterocycles. The number of hydrogen-bond donors (Lipinski definition) is 4. The summed E-state index contributed by atoms with van der Waals surface area (Å²) in [6.07, 6.45) is 1.48. The number of aliphatic imine (C=N–C) groups is 1. The van der Waals surface area contributed by atoms with Gasteiger partial charge in [-0.15, -0.1) is 0 Å². The highest BCUT2D eigenvalue weighted by atomic mass is 32.1. The normalized spacial score (nSPS) is 15.0. The second-order valence-electron chi connectivity index (χ2n) is 19.3. The van der Waals surface area contributed by atoms with Crippen LogP contribution in [0, 0.1) is 13.8 Å². The quantitative estimate of drug-likeness (QED) is 0.0447. The third kappa shape index (κ3) is 14.1. The zero-order valence-corrected chi connectivity index (χ0v) is 45.5. The Morgan fingerprint density at radius 3 is 1.81 bits per heavy atom. The number of hydrogen-bond acceptors (Lipinski definition) is 20. The maximum Gasteiger partial charge on any atom is 0.323 e. The molecule has 1 aliphatic heterocycles. The van der Waals surface area contributed by atoms with Crippen LogP contribution in [0.2, 0.25) is 0 Å². The highest BCUT2D eigenvalue weighted by Crippen LogP contribution is 2.39. The number of nitrogens with one attached hydrogen (secondary N) is 3. The fourth-order valence-electron chi connectivity index (χ4n) is 7.15. The summed E-state index contributed by atoms with van der Waals surface area (Å²) < 4.78 is 52.1. The summed E-state index contributed by atoms with van der Waals surface area (Å²) in [6, 6.07) is 12.2. The summed E-state index contributed by atoms with van der Waals surface area (Å²) in [5.41, 5.74) is 2.29. The number of thiazole rings is 2. The Hall–Kier alpha value is -6.59. The Kier molecular flexibility index (Phi) is 18.0. The van der Waals surface area contributed by atoms with Crippen LogP contribution in [-0.4, -0.2) is 109 Å². The number of aliphatic hydroxyl groups excluding tert-OH is 1. The first-order valence-electron chi connectivity index (χ1n) is 23.3. The number of methoxy groups -OCH3 is 4. The van der Waals surface area contributed by atoms with Crippen LogP contribution in [0.4, 0.5) is 5.69 Å². The Bertz CT molecular complexity index is 2790. The number of nitrogens with zero attached hydrogens (tertiary/aromatic N) is 5. The van der Waals surface area contributed by atoms with Gasteiger partial charge in [0.1, 0.15) is 41.8 Å². The molecule has 4 heterocycles. The lowest BCUT2D eigenvalue weighted by molar-refractivity contribution is -0.0395. The van der Waals surface area contributed by atoms with E-state index in [0.717, 1.165) is 28.7 Å². The van der Waals surface area contributed by atoms with Gasteiger partial charge in [-0.1, -0.05) is 81.6 Å². The number of amidine groups is 1. The van der Waals surface area contributed by atoms with E-state index in [2.05, 4.69) is 87.6 Å². The number of anilines is 1. The first kappa shape index (κ1) is 55.7. The van der Waals surface area contributed by atoms with Crippen LogP contribution in [0.1, 0.15) is 111 Å². The number of aliphatic hydroxyl groups is 1. The second kappa shape index (κ2) is 23.5. The van der Waals surface area contributed by atoms with E-state index < -0.39 is 23.1 Å². The van der Waals surface area contributed by atoms with Gasteiger partial charge >= 0.3 is 6.01 Å². The van der Waals surface area contributed by atoms with Crippen molar-refractivity contribution in [3.63, 3.8) is 0 Å². The van der Waals surface area contributed by atoms with Gasteiger partial charge in [-0.25, -0.2) is 0 Å². The van der Waals surface area contributed by atoms with Crippen molar-refractivity contribution in [3.05, 3.63) is 92.4 Å². The first-order chi connectivity index (χ1) is 34.5. The highest BCUT2D eigenvalue weighted by Gasteiger charge is 2.39. The molecule has 394 valence electrons. The largest absolute Gasteiger partial charge is 0.481 e. The summed E-state index contributed by atoms with van der Waals surface area (Å²) in [5.74, 6) is 0.416. The molecule has 22 heteroatoms. The van der Waals surface area contributed by atoms with Crippen molar-refractivity contribution >= 4 is 46.2 Å². The van der Waals surface area contributed by atoms with Crippen molar-refractivity contribution in [2.45, 2.75) is 104 Å². The lowest BCUT2D eigenvalue weighted by atomic mass is 9.78. The van der Waals surface area contributed by atoms with Gasteiger partial charge in [0.2, 0.25) is 23.4 Å². The number of aromatic nitrogens is 4. The standard InChI is InChI=1S/C51H66N8O12S2/c1-29-15-17-31(48(3,4)5)25-35(29)70-46-52-33(27-72-46)39(61)54-37-41(63-11)56-44(57-42(37)64-12)68-23-24-69-50(8,9)20-19-49(6,7)32-18-16-30(2)36(26-32)71-47-53-34(28-73-47)40(62)55-38-43(65-13)58-45(67-22-21-60)59-51(38,10)66-14/h15-18,25-28,60H,19-24H2,1-14H3,(H,54,61)(H,55,62)(H,58,59). The summed E-state index contributed by atoms with van der Waals surface area (Å²) in [7, 11) is 5.68. The number of carbonyl (C=O) groups is 2. The average Bonchev–Trinajstić information content (AvgIpc) is 4.04. The Morgan fingerprint density at radius 2 is 1.27 bits per heavy atom. The molecule has 73 heavy (non-hydrogen) atoms. The topological polar surface area (TPSA) is 237 Å². The minimum Gasteiger partial charge on any atom is -0.481 e. The van der Waals surface area contributed by atoms with Crippen molar-refractivity contribution < 1.29 is 57.3 Å². The predicted molar refractivity (Wildman–Crippen MR) is 277 cm³/mol. The molecule has 1 atom stereocenters. The minimum absolute atomic E-state index is 0.00462. The van der Waals surface area contributed by atoms with Gasteiger partial charge in [0.05, 0.1) is 40.1 Å². The summed E-state index contributed by atoms with van der Waals surface area (Å²) in [5, 5.41) is 21.4. The van der Waals surface area contributed by atoms with Crippen LogP contribution in [0.25, 0.3) is 0 Å². The van der Waals surface area contributed by atoms with E-state index in [1.165, 1.54) is 51.1 Å². The van der Waals surface area contributed by atoms with Crippen LogP contribution in [-0.2, 0) is 29.8 Å². The van der Waals surface area contributed by atoms with Crippen molar-refractivity contribution in [1.82, 2.24) is 30.6 Å². The number of ether oxygens (including phenoxy) is 9. The summed E-state index contributed by atoms with van der Waals surface area (Å²) in [6.45, 7) is 20.4. The third-order valence-corrected chi connectivity index (χ3v) is 13.3. The molecule has 0 spiro atoms. The van der Waals surface area contributed by atoms with Gasteiger partial charge in [0.15, 0.2) is 5.69 Å². The number of amides is 2. The Morgan fingerprint density at radius 1 is 0.712 bits per heavy atom. The molecular formula is C51H66N8O12S2. The molecule has 0 saturated carbocycles. The van der Waals surface area contributed by atoms with E-state index in [0.29, 0.717) is 23.1 Å². The molecule has 0 radical (unpaired) electrons. The van der Waals surface area contributed by atoms with Crippen molar-refractivity contribution in [2.24, 2.45) is 4.99 Å². The zero-order valence-electron chi connectivity index (χ0n) is 43.9. The monoisotopic (exact) mass is 1050 g/mol. The summed E-state index contributed by atoms with van der Waals surface area (Å²) >= 11 is 2.38. The van der Waals surface area contributed by atoms with Crippen LogP contribution < -0.4 is 39.6 Å². The van der Waals surface area contributed by atoms with E-state index in [4.69, 9.17) is 42.6 Å². The zero-order chi connectivity index (χ0) is 53.3. The maximum absolute atomic E-state index is 13.5. The number of carbonyl (C=O) groups excluding carboxylic acids is 2. The third-order valence-electron chi connectivity index (χ3n) is 11.9. The lowest BCUT2D eigenvalue weighted by Gasteiger charge is -2.33. The lowest BCUT2D eigenvalue weighted by Crippen LogP contribution is -2.48. The van der Waals surface area contributed by atoms with Gasteiger partial charge < -0.3 is 58.4 Å². The second-order valence-corrected chi connectivity index (χ2v) is 20.9. The molecule has 5 aromatic rings. The fraction of sp³-hybridized carbons (Fsp3) is 0.471. The Labute approximate surface area is 433 Å². The van der Waals surface area contributed by atoms with Gasteiger partial charge in [-0.05, 0) is 92.7 Å². The molecule has 6 rings (SSSR count). The van der Waals surface area contributed by atoms with Gasteiger partial charge in [0.25, 0.3) is 28.2 Å². The molecule has 4 N–H and O–H groups in total. The van der Waals surface area contributed by atoms with Gasteiger partial charge in [-0.3, -0.25) is 14.9 Å². The number of rotatable bonds is 23. The van der Waals surface area contributed by atoms with Crippen LogP contribution in [0.5, 0.6) is 39.7 Å². The van der Waals surface area contributed by atoms with E-state index in [1.807, 2.05) is 52.0 Å². The van der Waals surface area contributed by atoms with Gasteiger partial charge in [-0.2, -0.15) is 24.9 Å². The first-order valence-corrected chi connectivity index (χ1v) is 25.1. The van der Waals surface area contributed by atoms with E-state index in [-0.39, 0.29) is 94.9 Å². The molecule has 0 aliphatic carbocycles. The molecule has 20 nitrogen and oxygen atoms in total. The van der Waals surface area contributed by atoms with Gasteiger partial charge in [0, 0.05) is 17.9 Å². The molecule has 0 fully saturated rings. The van der Waals surface area contributed by atoms with E-state index in [9.17, 15) is 14.7 Å². The molecule has 2 amide bonds. The molecule has 1 aliphatic rings. The average molecular weight is 1050 g/mol. The van der Waals surface area contributed by atoms with E-state index >= 15 is 0 Å². The summed E-state index contributed by atoms with van der Waals surface area (Å²) in [4.78, 5) is 48.9. The SMILES string of the molecule is COC1=C(NC(=O)c2csc(Oc3cc(C(C)(C)CCC(C)(C)OCCOc4nc(OC)c(NC(=O)c5csc(Oc6cc(C(C)(C)C)ccc6C)n5)c(OC)n4)ccc3C)n2)C(C)(OC)N=C(OCCO)N1. The van der Waals surface area contributed by atoms with E-state index in [1.54, 1.807) is 17.7 Å². The van der Waals surface area contributed by atoms with Crippen molar-refractivity contribution in [1.29, 1.82) is 0 Å². The van der Waals surface area contributed by atoms with Crippen LogP contribution >= 0.6 is 22.7 Å². The molecular weight excluding hydrogens is 981 g/mol. The maximum atomic E-state index is 13.5. The molecule has 2 aromatic carbocycles. The molecule has 0 bridgehead atoms. The van der Waals surface area contributed by atoms with Crippen LogP contribution in [0.15, 0.2) is 63.7 Å². The minimum atomic E-state index is -1.38. The number of benzene rings is 2. The predicted octanol–water partition coefficient (Wildman–Crippen LogP) is 8.97. The van der Waals surface area contributed by atoms with Crippen molar-refractivity contribution in [3.8, 4) is 39.7 Å². The molecule has 1 unspecified atom stereocenters. The Balaban J connectivity index is 1.01. The van der Waals surface area contributed by atoms with Crippen molar-refractivity contribution in [2.75, 3.05) is 60.2 Å².